The number of thiazole rings is 1. The zero-order valence-electron chi connectivity index (χ0n) is 12.9. The van der Waals surface area contributed by atoms with Crippen LogP contribution >= 0.6 is 11.3 Å². The summed E-state index contributed by atoms with van der Waals surface area (Å²) in [5, 5.41) is 10.0. The minimum absolute atomic E-state index is 0.144. The number of nitrogens with zero attached hydrogens (tertiary/aromatic N) is 1. The van der Waals surface area contributed by atoms with Crippen LogP contribution in [0.4, 0.5) is 0 Å². The Morgan fingerprint density at radius 2 is 1.86 bits per heavy atom. The highest BCUT2D eigenvalue weighted by molar-refractivity contribution is 7.13. The largest absolute Gasteiger partial charge is 0.477 e. The predicted octanol–water partition coefficient (Wildman–Crippen LogP) is 4.29. The molecule has 3 nitrogen and oxygen atoms in total. The quantitative estimate of drug-likeness (QED) is 0.916. The third-order valence-electron chi connectivity index (χ3n) is 3.45. The number of rotatable bonds is 4. The second-order valence-electron chi connectivity index (χ2n) is 6.17. The van der Waals surface area contributed by atoms with E-state index >= 15 is 0 Å². The Balaban J connectivity index is 2.20. The first-order valence-corrected chi connectivity index (χ1v) is 7.94. The molecule has 21 heavy (non-hydrogen) atoms. The first-order chi connectivity index (χ1) is 9.81. The molecule has 2 rings (SSSR count). The number of aromatic carboxylic acids is 1. The van der Waals surface area contributed by atoms with Crippen molar-refractivity contribution < 1.29 is 9.90 Å². The van der Waals surface area contributed by atoms with Crippen LogP contribution in [0.2, 0.25) is 0 Å². The van der Waals surface area contributed by atoms with E-state index in [1.54, 1.807) is 0 Å². The molecule has 0 aliphatic rings. The number of carboxylic acid groups (broad SMARTS) is 1. The van der Waals surface area contributed by atoms with Crippen LogP contribution in [0.25, 0.3) is 0 Å². The molecule has 0 bridgehead atoms. The smallest absolute Gasteiger partial charge is 0.347 e. The van der Waals surface area contributed by atoms with Crippen LogP contribution in [0.1, 0.15) is 59.2 Å². The summed E-state index contributed by atoms with van der Waals surface area (Å²) in [6.07, 6.45) is 1.34. The average Bonchev–Trinajstić information content (AvgIpc) is 2.81. The number of aromatic nitrogens is 1. The second-order valence-corrected chi connectivity index (χ2v) is 7.25. The lowest BCUT2D eigenvalue weighted by atomic mass is 9.86. The van der Waals surface area contributed by atoms with E-state index in [1.807, 2.05) is 6.92 Å². The highest BCUT2D eigenvalue weighted by Gasteiger charge is 2.17. The molecule has 2 aromatic rings. The van der Waals surface area contributed by atoms with Gasteiger partial charge >= 0.3 is 5.97 Å². The van der Waals surface area contributed by atoms with Gasteiger partial charge in [-0.25, -0.2) is 9.78 Å². The Bertz CT molecular complexity index is 636. The molecule has 1 N–H and O–H groups in total. The molecule has 1 aromatic carbocycles. The maximum absolute atomic E-state index is 11.2. The van der Waals surface area contributed by atoms with Gasteiger partial charge in [0.1, 0.15) is 4.88 Å². The molecule has 1 aromatic heterocycles. The van der Waals surface area contributed by atoms with E-state index in [9.17, 15) is 9.90 Å². The van der Waals surface area contributed by atoms with Gasteiger partial charge in [-0.1, -0.05) is 52.0 Å². The molecule has 0 atom stereocenters. The summed E-state index contributed by atoms with van der Waals surface area (Å²) in [4.78, 5) is 16.0. The van der Waals surface area contributed by atoms with E-state index in [-0.39, 0.29) is 5.41 Å². The fourth-order valence-corrected chi connectivity index (χ4v) is 3.21. The molecule has 0 radical (unpaired) electrons. The van der Waals surface area contributed by atoms with Gasteiger partial charge in [-0.2, -0.15) is 0 Å². The first-order valence-electron chi connectivity index (χ1n) is 7.12. The third-order valence-corrected chi connectivity index (χ3v) is 4.53. The molecular weight excluding hydrogens is 282 g/mol. The van der Waals surface area contributed by atoms with Crippen LogP contribution < -0.4 is 0 Å². The number of benzene rings is 1. The van der Waals surface area contributed by atoms with Crippen LogP contribution in [0, 0.1) is 0 Å². The lowest BCUT2D eigenvalue weighted by Crippen LogP contribution is -2.10. The van der Waals surface area contributed by atoms with E-state index in [1.165, 1.54) is 16.9 Å². The van der Waals surface area contributed by atoms with Crippen LogP contribution in [-0.2, 0) is 18.3 Å². The minimum atomic E-state index is -0.876. The Morgan fingerprint density at radius 1 is 1.24 bits per heavy atom. The van der Waals surface area contributed by atoms with Gasteiger partial charge in [-0.15, -0.1) is 11.3 Å². The molecule has 0 amide bonds. The predicted molar refractivity (Wildman–Crippen MR) is 86.4 cm³/mol. The van der Waals surface area contributed by atoms with Crippen LogP contribution in [0.3, 0.4) is 0 Å². The molecule has 112 valence electrons. The van der Waals surface area contributed by atoms with Crippen molar-refractivity contribution in [2.75, 3.05) is 0 Å². The van der Waals surface area contributed by atoms with Crippen molar-refractivity contribution in [1.82, 2.24) is 4.98 Å². The third kappa shape index (κ3) is 3.70. The van der Waals surface area contributed by atoms with Crippen molar-refractivity contribution in [2.45, 2.75) is 46.0 Å². The normalized spacial score (nSPS) is 11.6. The second kappa shape index (κ2) is 5.98. The van der Waals surface area contributed by atoms with E-state index in [0.29, 0.717) is 23.4 Å². The Labute approximate surface area is 129 Å². The Morgan fingerprint density at radius 3 is 2.29 bits per heavy atom. The van der Waals surface area contributed by atoms with Crippen molar-refractivity contribution >= 4 is 17.3 Å². The summed E-state index contributed by atoms with van der Waals surface area (Å²) in [6, 6.07) is 8.49. The van der Waals surface area contributed by atoms with Gasteiger partial charge in [0.05, 0.1) is 10.7 Å². The highest BCUT2D eigenvalue weighted by Crippen LogP contribution is 2.25. The monoisotopic (exact) mass is 303 g/mol. The van der Waals surface area contributed by atoms with Crippen LogP contribution in [0.5, 0.6) is 0 Å². The van der Waals surface area contributed by atoms with Crippen molar-refractivity contribution in [3.05, 3.63) is 51.0 Å². The molecule has 0 saturated heterocycles. The van der Waals surface area contributed by atoms with Gasteiger partial charge in [-0.3, -0.25) is 0 Å². The van der Waals surface area contributed by atoms with Crippen LogP contribution in [-0.4, -0.2) is 16.1 Å². The Kier molecular flexibility index (Phi) is 4.47. The molecule has 0 aliphatic heterocycles. The summed E-state index contributed by atoms with van der Waals surface area (Å²) in [5.41, 5.74) is 3.29. The summed E-state index contributed by atoms with van der Waals surface area (Å²) in [7, 11) is 0. The number of hydrogen-bond acceptors (Lipinski definition) is 3. The number of hydrogen-bond donors (Lipinski definition) is 1. The van der Waals surface area contributed by atoms with E-state index in [2.05, 4.69) is 50.0 Å². The van der Waals surface area contributed by atoms with Crippen molar-refractivity contribution in [3.8, 4) is 0 Å². The molecule has 0 fully saturated rings. The summed E-state index contributed by atoms with van der Waals surface area (Å²) < 4.78 is 0. The molecule has 0 spiro atoms. The van der Waals surface area contributed by atoms with E-state index in [0.717, 1.165) is 10.6 Å². The number of carboxylic acids is 1. The molecule has 0 saturated carbocycles. The topological polar surface area (TPSA) is 50.2 Å². The molecule has 4 heteroatoms. The lowest BCUT2D eigenvalue weighted by molar-refractivity contribution is 0.0701. The molecular formula is C17H21NO2S. The number of aryl methyl sites for hydroxylation is 1. The maximum atomic E-state index is 11.2. The van der Waals surface area contributed by atoms with Crippen LogP contribution in [0.15, 0.2) is 24.3 Å². The van der Waals surface area contributed by atoms with Gasteiger partial charge in [0.15, 0.2) is 0 Å². The summed E-state index contributed by atoms with van der Waals surface area (Å²) in [5.74, 6) is -0.876. The van der Waals surface area contributed by atoms with Gasteiger partial charge in [0, 0.05) is 6.42 Å². The zero-order chi connectivity index (χ0) is 15.6. The summed E-state index contributed by atoms with van der Waals surface area (Å²) >= 11 is 1.29. The molecule has 0 unspecified atom stereocenters. The van der Waals surface area contributed by atoms with Gasteiger partial charge in [0.2, 0.25) is 0 Å². The standard InChI is InChI=1S/C17H21NO2S/c1-5-13-15(16(19)20)21-14(18-13)10-11-6-8-12(9-7-11)17(2,3)4/h6-9H,5,10H2,1-4H3,(H,19,20). The highest BCUT2D eigenvalue weighted by atomic mass is 32.1. The van der Waals surface area contributed by atoms with E-state index in [4.69, 9.17) is 0 Å². The Hall–Kier alpha value is -1.68. The number of carbonyl (C=O) groups is 1. The minimum Gasteiger partial charge on any atom is -0.477 e. The van der Waals surface area contributed by atoms with Gasteiger partial charge in [0.25, 0.3) is 0 Å². The van der Waals surface area contributed by atoms with Gasteiger partial charge < -0.3 is 5.11 Å². The lowest BCUT2D eigenvalue weighted by Gasteiger charge is -2.19. The summed E-state index contributed by atoms with van der Waals surface area (Å²) in [6.45, 7) is 8.50. The van der Waals surface area contributed by atoms with Gasteiger partial charge in [-0.05, 0) is 23.0 Å². The zero-order valence-corrected chi connectivity index (χ0v) is 13.8. The SMILES string of the molecule is CCc1nc(Cc2ccc(C(C)(C)C)cc2)sc1C(=O)O. The van der Waals surface area contributed by atoms with Crippen molar-refractivity contribution in [3.63, 3.8) is 0 Å². The van der Waals surface area contributed by atoms with Crippen molar-refractivity contribution in [1.29, 1.82) is 0 Å². The fourth-order valence-electron chi connectivity index (χ4n) is 2.18. The first kappa shape index (κ1) is 15.7. The molecule has 1 heterocycles. The van der Waals surface area contributed by atoms with E-state index < -0.39 is 5.97 Å². The molecule has 0 aliphatic carbocycles. The average molecular weight is 303 g/mol. The maximum Gasteiger partial charge on any atom is 0.347 e. The van der Waals surface area contributed by atoms with Crippen molar-refractivity contribution in [2.24, 2.45) is 0 Å². The fraction of sp³-hybridized carbons (Fsp3) is 0.412.